The number of aliphatic hydroxyl groups excluding tert-OH is 1. The smallest absolute Gasteiger partial charge is 0.322 e. The summed E-state index contributed by atoms with van der Waals surface area (Å²) in [5, 5.41) is 22.4. The van der Waals surface area contributed by atoms with Crippen molar-refractivity contribution in [3.05, 3.63) is 0 Å². The Kier molecular flexibility index (Phi) is 7.78. The number of carboxylic acid groups (broad SMARTS) is 1. The van der Waals surface area contributed by atoms with Crippen LogP contribution in [0, 0.1) is 5.92 Å². The number of amides is 2. The molecular formula is C12H23N3O5. The highest BCUT2D eigenvalue weighted by Gasteiger charge is 2.29. The summed E-state index contributed by atoms with van der Waals surface area (Å²) in [5.74, 6) is -2.62. The summed E-state index contributed by atoms with van der Waals surface area (Å²) < 4.78 is 0. The van der Waals surface area contributed by atoms with Gasteiger partial charge in [-0.3, -0.25) is 14.4 Å². The van der Waals surface area contributed by atoms with Crippen LogP contribution in [-0.4, -0.2) is 52.7 Å². The molecule has 0 radical (unpaired) electrons. The Morgan fingerprint density at radius 2 is 1.75 bits per heavy atom. The molecule has 0 fully saturated rings. The van der Waals surface area contributed by atoms with Crippen molar-refractivity contribution in [3.63, 3.8) is 0 Å². The lowest BCUT2D eigenvalue weighted by molar-refractivity contribution is -0.138. The first-order valence-electron chi connectivity index (χ1n) is 6.44. The van der Waals surface area contributed by atoms with Crippen molar-refractivity contribution in [2.75, 3.05) is 6.54 Å². The minimum atomic E-state index is -1.17. The van der Waals surface area contributed by atoms with Crippen molar-refractivity contribution >= 4 is 17.8 Å². The highest BCUT2D eigenvalue weighted by molar-refractivity contribution is 5.91. The average molecular weight is 289 g/mol. The second kappa shape index (κ2) is 8.49. The van der Waals surface area contributed by atoms with Gasteiger partial charge in [0.05, 0.1) is 6.10 Å². The molecule has 116 valence electrons. The van der Waals surface area contributed by atoms with Crippen molar-refractivity contribution in [2.24, 2.45) is 11.7 Å². The highest BCUT2D eigenvalue weighted by Crippen LogP contribution is 2.08. The summed E-state index contributed by atoms with van der Waals surface area (Å²) in [6.07, 6.45) is -0.440. The van der Waals surface area contributed by atoms with Crippen LogP contribution in [0.15, 0.2) is 0 Å². The lowest BCUT2D eigenvalue weighted by Gasteiger charge is -2.25. The molecule has 0 aliphatic rings. The number of aliphatic hydroxyl groups is 1. The lowest BCUT2D eigenvalue weighted by atomic mass is 9.97. The molecule has 20 heavy (non-hydrogen) atoms. The van der Waals surface area contributed by atoms with Crippen molar-refractivity contribution in [1.29, 1.82) is 0 Å². The third-order valence-corrected chi connectivity index (χ3v) is 3.03. The molecule has 2 amide bonds. The molecule has 6 N–H and O–H groups in total. The quantitative estimate of drug-likeness (QED) is 0.365. The number of carboxylic acids is 1. The number of hydrogen-bond donors (Lipinski definition) is 5. The van der Waals surface area contributed by atoms with E-state index in [1.807, 2.05) is 6.92 Å². The van der Waals surface area contributed by atoms with Crippen LogP contribution in [0.2, 0.25) is 0 Å². The van der Waals surface area contributed by atoms with E-state index < -0.39 is 42.5 Å². The molecule has 0 heterocycles. The molecule has 0 rings (SSSR count). The van der Waals surface area contributed by atoms with Gasteiger partial charge in [-0.15, -0.1) is 0 Å². The monoisotopic (exact) mass is 289 g/mol. The molecule has 0 aromatic rings. The molecule has 0 unspecified atom stereocenters. The van der Waals surface area contributed by atoms with Crippen molar-refractivity contribution in [1.82, 2.24) is 10.6 Å². The number of carbonyl (C=O) groups is 3. The first-order valence-corrected chi connectivity index (χ1v) is 6.44. The number of aliphatic carboxylic acids is 1. The Labute approximate surface area is 117 Å². The van der Waals surface area contributed by atoms with E-state index in [1.165, 1.54) is 6.92 Å². The summed E-state index contributed by atoms with van der Waals surface area (Å²) in [6.45, 7) is 4.43. The van der Waals surface area contributed by atoms with Crippen LogP contribution in [0.25, 0.3) is 0 Å². The van der Waals surface area contributed by atoms with E-state index >= 15 is 0 Å². The van der Waals surface area contributed by atoms with Gasteiger partial charge < -0.3 is 26.6 Å². The van der Waals surface area contributed by atoms with Gasteiger partial charge in [-0.25, -0.2) is 0 Å². The van der Waals surface area contributed by atoms with Crippen LogP contribution in [0.1, 0.15) is 27.2 Å². The topological polar surface area (TPSA) is 142 Å². The van der Waals surface area contributed by atoms with E-state index in [1.54, 1.807) is 6.92 Å². The largest absolute Gasteiger partial charge is 0.480 e. The van der Waals surface area contributed by atoms with Crippen LogP contribution < -0.4 is 16.4 Å². The van der Waals surface area contributed by atoms with Crippen LogP contribution in [-0.2, 0) is 14.4 Å². The van der Waals surface area contributed by atoms with Gasteiger partial charge in [-0.1, -0.05) is 20.3 Å². The van der Waals surface area contributed by atoms with Gasteiger partial charge in [-0.2, -0.15) is 0 Å². The third-order valence-electron chi connectivity index (χ3n) is 3.03. The number of nitrogens with two attached hydrogens (primary N) is 1. The highest BCUT2D eigenvalue weighted by atomic mass is 16.4. The fraction of sp³-hybridized carbons (Fsp3) is 0.750. The molecular weight excluding hydrogens is 266 g/mol. The molecule has 8 nitrogen and oxygen atoms in total. The number of carbonyl (C=O) groups excluding carboxylic acids is 2. The van der Waals surface area contributed by atoms with E-state index in [-0.39, 0.29) is 5.92 Å². The van der Waals surface area contributed by atoms with Crippen LogP contribution in [0.5, 0.6) is 0 Å². The SMILES string of the molecule is CC[C@H](C)[C@H](NC(=O)[C@@H](N)[C@@H](C)O)C(=O)NCC(=O)O. The van der Waals surface area contributed by atoms with Gasteiger partial charge in [0, 0.05) is 0 Å². The maximum atomic E-state index is 11.9. The first-order chi connectivity index (χ1) is 9.20. The predicted molar refractivity (Wildman–Crippen MR) is 71.7 cm³/mol. The minimum Gasteiger partial charge on any atom is -0.480 e. The first kappa shape index (κ1) is 18.3. The summed E-state index contributed by atoms with van der Waals surface area (Å²) in [5.41, 5.74) is 5.48. The van der Waals surface area contributed by atoms with Gasteiger partial charge in [-0.05, 0) is 12.8 Å². The van der Waals surface area contributed by atoms with Crippen molar-refractivity contribution in [2.45, 2.75) is 45.4 Å². The van der Waals surface area contributed by atoms with Gasteiger partial charge >= 0.3 is 5.97 Å². The summed E-state index contributed by atoms with van der Waals surface area (Å²) >= 11 is 0. The molecule has 8 heteroatoms. The molecule has 0 bridgehead atoms. The number of hydrogen-bond acceptors (Lipinski definition) is 5. The number of rotatable bonds is 8. The molecule has 0 aromatic carbocycles. The van der Waals surface area contributed by atoms with Crippen LogP contribution in [0.3, 0.4) is 0 Å². The zero-order valence-corrected chi connectivity index (χ0v) is 11.9. The zero-order valence-electron chi connectivity index (χ0n) is 11.9. The van der Waals surface area contributed by atoms with Crippen LogP contribution >= 0.6 is 0 Å². The Balaban J connectivity index is 4.76. The van der Waals surface area contributed by atoms with Gasteiger partial charge in [0.1, 0.15) is 18.6 Å². The maximum absolute atomic E-state index is 11.9. The number of nitrogens with one attached hydrogen (secondary N) is 2. The second-order valence-electron chi connectivity index (χ2n) is 4.75. The summed E-state index contributed by atoms with van der Waals surface area (Å²) in [4.78, 5) is 34.1. The summed E-state index contributed by atoms with van der Waals surface area (Å²) in [7, 11) is 0. The Morgan fingerprint density at radius 3 is 2.15 bits per heavy atom. The normalized spacial score (nSPS) is 16.6. The van der Waals surface area contributed by atoms with Gasteiger partial charge in [0.25, 0.3) is 0 Å². The van der Waals surface area contributed by atoms with Crippen LogP contribution in [0.4, 0.5) is 0 Å². The molecule has 0 saturated carbocycles. The molecule has 4 atom stereocenters. The minimum absolute atomic E-state index is 0.200. The van der Waals surface area contributed by atoms with E-state index in [0.717, 1.165) is 0 Å². The third kappa shape index (κ3) is 5.98. The zero-order chi connectivity index (χ0) is 15.9. The molecule has 0 aliphatic carbocycles. The fourth-order valence-corrected chi connectivity index (χ4v) is 1.44. The van der Waals surface area contributed by atoms with E-state index in [0.29, 0.717) is 6.42 Å². The maximum Gasteiger partial charge on any atom is 0.322 e. The Hall–Kier alpha value is -1.67. The Morgan fingerprint density at radius 1 is 1.20 bits per heavy atom. The average Bonchev–Trinajstić information content (AvgIpc) is 2.39. The fourth-order valence-electron chi connectivity index (χ4n) is 1.44. The van der Waals surface area contributed by atoms with E-state index in [2.05, 4.69) is 10.6 Å². The molecule has 0 spiro atoms. The van der Waals surface area contributed by atoms with E-state index in [4.69, 9.17) is 10.8 Å². The Bertz CT molecular complexity index is 359. The second-order valence-corrected chi connectivity index (χ2v) is 4.75. The van der Waals surface area contributed by atoms with Crippen molar-refractivity contribution in [3.8, 4) is 0 Å². The lowest BCUT2D eigenvalue weighted by Crippen LogP contribution is -2.56. The van der Waals surface area contributed by atoms with Gasteiger partial charge in [0.2, 0.25) is 11.8 Å². The molecule has 0 aromatic heterocycles. The van der Waals surface area contributed by atoms with E-state index in [9.17, 15) is 19.5 Å². The van der Waals surface area contributed by atoms with Crippen molar-refractivity contribution < 1.29 is 24.6 Å². The van der Waals surface area contributed by atoms with Gasteiger partial charge in [0.15, 0.2) is 0 Å². The molecule has 0 saturated heterocycles. The molecule has 0 aliphatic heterocycles. The predicted octanol–water partition coefficient (Wildman–Crippen LogP) is -1.57. The standard InChI is InChI=1S/C12H23N3O5/c1-4-6(2)10(12(20)14-5-8(17)18)15-11(19)9(13)7(3)16/h6-7,9-10,16H,4-5,13H2,1-3H3,(H,14,20)(H,15,19)(H,17,18)/t6-,7+,9-,10-/m0/s1. The summed E-state index contributed by atoms with van der Waals surface area (Å²) in [6, 6.07) is -2.04.